The molecule has 2 aromatic rings. The molecular formula is C11H13BrClN3O4S. The van der Waals surface area contributed by atoms with Crippen LogP contribution >= 0.6 is 27.5 Å². The molecule has 0 radical (unpaired) electrons. The van der Waals surface area contributed by atoms with Crippen LogP contribution in [0.1, 0.15) is 6.92 Å². The number of oxazole rings is 1. The van der Waals surface area contributed by atoms with Crippen LogP contribution in [0.25, 0.3) is 11.1 Å². The summed E-state index contributed by atoms with van der Waals surface area (Å²) in [6.45, 7) is 2.02. The maximum atomic E-state index is 12.4. The Morgan fingerprint density at radius 1 is 1.52 bits per heavy atom. The van der Waals surface area contributed by atoms with Gasteiger partial charge in [0.25, 0.3) is 0 Å². The molecule has 0 spiro atoms. The maximum absolute atomic E-state index is 12.4. The third-order valence-corrected chi connectivity index (χ3v) is 5.77. The van der Waals surface area contributed by atoms with E-state index in [1.54, 1.807) is 7.05 Å². The van der Waals surface area contributed by atoms with Gasteiger partial charge in [-0.2, -0.15) is 0 Å². The normalized spacial score (nSPS) is 13.7. The lowest BCUT2D eigenvalue weighted by molar-refractivity contribution is 0.549. The van der Waals surface area contributed by atoms with Gasteiger partial charge in [0.2, 0.25) is 10.0 Å². The Balaban J connectivity index is 2.52. The predicted octanol–water partition coefficient (Wildman–Crippen LogP) is 1.42. The van der Waals surface area contributed by atoms with Crippen molar-refractivity contribution in [3.63, 3.8) is 0 Å². The fraction of sp³-hybridized carbons (Fsp3) is 0.364. The highest BCUT2D eigenvalue weighted by molar-refractivity contribution is 9.10. The molecule has 0 aliphatic rings. The molecule has 21 heavy (non-hydrogen) atoms. The summed E-state index contributed by atoms with van der Waals surface area (Å²) in [5.74, 6) is -0.704. The zero-order chi connectivity index (χ0) is 15.8. The Bertz CT molecular complexity index is 830. The molecule has 0 fully saturated rings. The van der Waals surface area contributed by atoms with E-state index in [0.717, 1.165) is 0 Å². The van der Waals surface area contributed by atoms with Gasteiger partial charge in [0.05, 0.1) is 5.52 Å². The first-order valence-electron chi connectivity index (χ1n) is 5.94. The fourth-order valence-electron chi connectivity index (χ4n) is 1.66. The van der Waals surface area contributed by atoms with Crippen molar-refractivity contribution in [2.45, 2.75) is 17.9 Å². The molecule has 0 saturated carbocycles. The van der Waals surface area contributed by atoms with Gasteiger partial charge < -0.3 is 9.73 Å². The number of benzene rings is 1. The van der Waals surface area contributed by atoms with Crippen molar-refractivity contribution in [1.29, 1.82) is 0 Å². The Hall–Kier alpha value is -0.870. The number of fused-ring (bicyclic) bond motifs is 1. The number of rotatable bonds is 5. The second kappa shape index (κ2) is 6.09. The van der Waals surface area contributed by atoms with Gasteiger partial charge in [-0.25, -0.2) is 17.9 Å². The quantitative estimate of drug-likeness (QED) is 0.707. The second-order valence-electron chi connectivity index (χ2n) is 4.43. The summed E-state index contributed by atoms with van der Waals surface area (Å²) in [5.41, 5.74) is 0.325. The van der Waals surface area contributed by atoms with E-state index in [2.05, 4.69) is 31.0 Å². The Kier molecular flexibility index (Phi) is 4.79. The fourth-order valence-corrected chi connectivity index (χ4v) is 4.65. The van der Waals surface area contributed by atoms with Gasteiger partial charge in [-0.3, -0.25) is 4.98 Å². The van der Waals surface area contributed by atoms with E-state index in [1.165, 1.54) is 6.07 Å². The van der Waals surface area contributed by atoms with Crippen LogP contribution in [0.5, 0.6) is 0 Å². The van der Waals surface area contributed by atoms with Gasteiger partial charge in [0.15, 0.2) is 5.58 Å². The summed E-state index contributed by atoms with van der Waals surface area (Å²) in [6, 6.07) is 1.38. The molecule has 10 heteroatoms. The molecule has 1 atom stereocenters. The molecule has 0 aliphatic carbocycles. The number of likely N-dealkylation sites (N-methyl/N-ethyl adjacent to an activating group) is 1. The van der Waals surface area contributed by atoms with Gasteiger partial charge in [0.1, 0.15) is 9.92 Å². The number of aromatic amines is 1. The summed E-state index contributed by atoms with van der Waals surface area (Å²) in [4.78, 5) is 13.4. The highest BCUT2D eigenvalue weighted by Crippen LogP contribution is 2.35. The van der Waals surface area contributed by atoms with Crippen molar-refractivity contribution in [3.8, 4) is 0 Å². The molecule has 7 nitrogen and oxygen atoms in total. The number of hydrogen-bond acceptors (Lipinski definition) is 5. The highest BCUT2D eigenvalue weighted by atomic mass is 79.9. The summed E-state index contributed by atoms with van der Waals surface area (Å²) < 4.78 is 32.3. The van der Waals surface area contributed by atoms with E-state index < -0.39 is 15.8 Å². The monoisotopic (exact) mass is 397 g/mol. The van der Waals surface area contributed by atoms with Crippen LogP contribution in [-0.2, 0) is 10.0 Å². The van der Waals surface area contributed by atoms with Crippen LogP contribution in [0.15, 0.2) is 24.6 Å². The van der Waals surface area contributed by atoms with Gasteiger partial charge >= 0.3 is 5.76 Å². The van der Waals surface area contributed by atoms with Crippen LogP contribution in [0.3, 0.4) is 0 Å². The summed E-state index contributed by atoms with van der Waals surface area (Å²) in [5, 5.41) is 2.76. The third kappa shape index (κ3) is 3.32. The van der Waals surface area contributed by atoms with Gasteiger partial charge in [0, 0.05) is 17.1 Å². The average molecular weight is 399 g/mol. The largest absolute Gasteiger partial charge is 0.417 e. The lowest BCUT2D eigenvalue weighted by Crippen LogP contribution is -2.37. The molecule has 1 aromatic carbocycles. The van der Waals surface area contributed by atoms with Crippen molar-refractivity contribution in [2.24, 2.45) is 0 Å². The van der Waals surface area contributed by atoms with Gasteiger partial charge in [-0.05, 0) is 36.0 Å². The lowest BCUT2D eigenvalue weighted by atomic mass is 10.3. The minimum absolute atomic E-state index is 0.00640. The van der Waals surface area contributed by atoms with Crippen molar-refractivity contribution < 1.29 is 12.8 Å². The van der Waals surface area contributed by atoms with E-state index in [-0.39, 0.29) is 32.6 Å². The summed E-state index contributed by atoms with van der Waals surface area (Å²) >= 11 is 9.23. The highest BCUT2D eigenvalue weighted by Gasteiger charge is 2.25. The number of sulfonamides is 1. The van der Waals surface area contributed by atoms with Crippen LogP contribution in [0.2, 0.25) is 5.02 Å². The smallest absolute Gasteiger partial charge is 0.406 e. The Labute approximate surface area is 134 Å². The zero-order valence-corrected chi connectivity index (χ0v) is 14.3. The lowest BCUT2D eigenvalue weighted by Gasteiger charge is -2.13. The van der Waals surface area contributed by atoms with Crippen LogP contribution in [0.4, 0.5) is 0 Å². The third-order valence-electron chi connectivity index (χ3n) is 2.90. The van der Waals surface area contributed by atoms with Crippen LogP contribution in [-0.4, -0.2) is 33.0 Å². The number of halogens is 2. The van der Waals surface area contributed by atoms with Gasteiger partial charge in [-0.15, -0.1) is 0 Å². The predicted molar refractivity (Wildman–Crippen MR) is 83.3 cm³/mol. The first-order chi connectivity index (χ1) is 9.76. The molecule has 0 saturated heterocycles. The number of hydrogen-bond donors (Lipinski definition) is 3. The van der Waals surface area contributed by atoms with E-state index in [1.807, 2.05) is 6.92 Å². The van der Waals surface area contributed by atoms with Crippen molar-refractivity contribution in [2.75, 3.05) is 13.6 Å². The van der Waals surface area contributed by atoms with Crippen LogP contribution < -0.4 is 15.8 Å². The van der Waals surface area contributed by atoms with Crippen molar-refractivity contribution in [1.82, 2.24) is 15.0 Å². The molecule has 1 heterocycles. The van der Waals surface area contributed by atoms with Gasteiger partial charge in [-0.1, -0.05) is 11.6 Å². The minimum Gasteiger partial charge on any atom is -0.406 e. The van der Waals surface area contributed by atoms with E-state index >= 15 is 0 Å². The first kappa shape index (κ1) is 16.5. The maximum Gasteiger partial charge on any atom is 0.417 e. The molecule has 0 amide bonds. The zero-order valence-electron chi connectivity index (χ0n) is 11.2. The van der Waals surface area contributed by atoms with Crippen LogP contribution in [0, 0.1) is 0 Å². The van der Waals surface area contributed by atoms with E-state index in [4.69, 9.17) is 16.0 Å². The van der Waals surface area contributed by atoms with E-state index in [0.29, 0.717) is 5.52 Å². The minimum atomic E-state index is -3.85. The van der Waals surface area contributed by atoms with Crippen molar-refractivity contribution >= 4 is 48.7 Å². The first-order valence-corrected chi connectivity index (χ1v) is 8.59. The Morgan fingerprint density at radius 2 is 2.19 bits per heavy atom. The number of nitrogens with one attached hydrogen (secondary N) is 3. The topological polar surface area (TPSA) is 104 Å². The SMILES string of the molecule is CNC(C)CNS(=O)(=O)c1c(Br)cc2[nH]c(=O)oc2c1Cl. The molecule has 0 bridgehead atoms. The molecule has 0 aliphatic heterocycles. The molecule has 1 aromatic heterocycles. The molecule has 3 N–H and O–H groups in total. The molecule has 2 rings (SSSR count). The molecule has 1 unspecified atom stereocenters. The summed E-state index contributed by atoms with van der Waals surface area (Å²) in [6.07, 6.45) is 0. The summed E-state index contributed by atoms with van der Waals surface area (Å²) in [7, 11) is -2.13. The standard InChI is InChI=1S/C11H13BrClN3O4S/c1-5(14-2)4-15-21(18,19)10-6(12)3-7-9(8(10)13)20-11(17)16-7/h3,5,14-15H,4H2,1-2H3,(H,16,17). The second-order valence-corrected chi connectivity index (χ2v) is 7.37. The van der Waals surface area contributed by atoms with E-state index in [9.17, 15) is 13.2 Å². The molecular weight excluding hydrogens is 386 g/mol. The molecule has 116 valence electrons. The number of aromatic nitrogens is 1. The number of H-pyrrole nitrogens is 1. The average Bonchev–Trinajstić information content (AvgIpc) is 2.76. The Morgan fingerprint density at radius 3 is 2.81 bits per heavy atom. The van der Waals surface area contributed by atoms with Crippen molar-refractivity contribution in [3.05, 3.63) is 26.1 Å².